The van der Waals surface area contributed by atoms with E-state index < -0.39 is 0 Å². The van der Waals surface area contributed by atoms with Gasteiger partial charge in [-0.3, -0.25) is 4.98 Å². The third kappa shape index (κ3) is 4.30. The van der Waals surface area contributed by atoms with Crippen molar-refractivity contribution in [1.29, 1.82) is 0 Å². The van der Waals surface area contributed by atoms with Crippen molar-refractivity contribution < 1.29 is 18.7 Å². The third-order valence-electron chi connectivity index (χ3n) is 5.22. The predicted molar refractivity (Wildman–Crippen MR) is 120 cm³/mol. The van der Waals surface area contributed by atoms with Gasteiger partial charge >= 0.3 is 5.97 Å². The fourth-order valence-electron chi connectivity index (χ4n) is 3.73. The fourth-order valence-corrected chi connectivity index (χ4v) is 4.06. The summed E-state index contributed by atoms with van der Waals surface area (Å²) in [6, 6.07) is 16.5. The molecule has 31 heavy (non-hydrogen) atoms. The molecule has 1 aliphatic heterocycles. The summed E-state index contributed by atoms with van der Waals surface area (Å²) in [5.74, 6) is 1.02. The number of carbonyl (C=O) groups excluding carboxylic acids is 1. The Labute approximate surface area is 186 Å². The number of thiocarbonyl (C=S) groups is 1. The SMILES string of the molecule is COCCN1C(=S)NC(c2ccccn2)C1c1ccc(-c2cccc(C(=O)OC)c2)o1. The van der Waals surface area contributed by atoms with E-state index in [1.165, 1.54) is 7.11 Å². The Morgan fingerprint density at radius 1 is 1.19 bits per heavy atom. The van der Waals surface area contributed by atoms with Crippen molar-refractivity contribution in [2.24, 2.45) is 0 Å². The van der Waals surface area contributed by atoms with Gasteiger partial charge in [-0.15, -0.1) is 0 Å². The standard InChI is InChI=1S/C23H23N3O4S/c1-28-13-12-26-21(20(25-23(26)31)17-8-3-4-11-24-17)19-10-9-18(30-19)15-6-5-7-16(14-15)22(27)29-2/h3-11,14,20-21H,12-13H2,1-2H3,(H,25,31). The third-order valence-corrected chi connectivity index (χ3v) is 5.57. The highest BCUT2D eigenvalue weighted by Gasteiger charge is 2.41. The van der Waals surface area contributed by atoms with E-state index in [0.717, 1.165) is 17.0 Å². The zero-order valence-corrected chi connectivity index (χ0v) is 18.1. The normalized spacial score (nSPS) is 18.1. The molecule has 1 N–H and O–H groups in total. The molecule has 2 atom stereocenters. The molecule has 0 spiro atoms. The first-order valence-corrected chi connectivity index (χ1v) is 10.3. The molecular weight excluding hydrogens is 414 g/mol. The van der Waals surface area contributed by atoms with Crippen LogP contribution in [-0.4, -0.2) is 48.3 Å². The summed E-state index contributed by atoms with van der Waals surface area (Å²) in [5, 5.41) is 4.00. The minimum Gasteiger partial charge on any atom is -0.465 e. The van der Waals surface area contributed by atoms with Crippen LogP contribution in [-0.2, 0) is 9.47 Å². The minimum absolute atomic E-state index is 0.161. The summed E-state index contributed by atoms with van der Waals surface area (Å²) in [5.41, 5.74) is 2.13. The second-order valence-electron chi connectivity index (χ2n) is 7.09. The maximum Gasteiger partial charge on any atom is 0.337 e. The van der Waals surface area contributed by atoms with Gasteiger partial charge in [-0.1, -0.05) is 18.2 Å². The zero-order chi connectivity index (χ0) is 21.8. The minimum atomic E-state index is -0.389. The number of furan rings is 1. The van der Waals surface area contributed by atoms with Crippen molar-refractivity contribution in [2.45, 2.75) is 12.1 Å². The summed E-state index contributed by atoms with van der Waals surface area (Å²) in [7, 11) is 3.03. The first-order valence-electron chi connectivity index (χ1n) is 9.88. The lowest BCUT2D eigenvalue weighted by Gasteiger charge is -2.25. The number of benzene rings is 1. The highest BCUT2D eigenvalue weighted by molar-refractivity contribution is 7.80. The van der Waals surface area contributed by atoms with Crippen LogP contribution in [0.3, 0.4) is 0 Å². The van der Waals surface area contributed by atoms with Crippen LogP contribution in [0.15, 0.2) is 65.2 Å². The molecule has 3 heterocycles. The number of aromatic nitrogens is 1. The van der Waals surface area contributed by atoms with Gasteiger partial charge in [0.2, 0.25) is 0 Å². The van der Waals surface area contributed by atoms with Crippen LogP contribution in [0.5, 0.6) is 0 Å². The van der Waals surface area contributed by atoms with Gasteiger partial charge in [0, 0.05) is 25.4 Å². The fraction of sp³-hybridized carbons (Fsp3) is 0.261. The molecule has 0 aliphatic carbocycles. The average molecular weight is 438 g/mol. The van der Waals surface area contributed by atoms with Gasteiger partial charge in [-0.2, -0.15) is 0 Å². The number of esters is 1. The first-order chi connectivity index (χ1) is 15.1. The van der Waals surface area contributed by atoms with Crippen molar-refractivity contribution >= 4 is 23.3 Å². The molecule has 3 aromatic rings. The van der Waals surface area contributed by atoms with Crippen LogP contribution in [0.4, 0.5) is 0 Å². The topological polar surface area (TPSA) is 76.8 Å². The van der Waals surface area contributed by atoms with Crippen LogP contribution in [0.2, 0.25) is 0 Å². The Balaban J connectivity index is 1.69. The van der Waals surface area contributed by atoms with Gasteiger partial charge in [0.25, 0.3) is 0 Å². The van der Waals surface area contributed by atoms with Crippen molar-refractivity contribution in [3.05, 3.63) is 77.8 Å². The molecule has 160 valence electrons. The molecule has 7 nitrogen and oxygen atoms in total. The maximum absolute atomic E-state index is 11.9. The summed E-state index contributed by atoms with van der Waals surface area (Å²) < 4.78 is 16.4. The molecule has 4 rings (SSSR count). The van der Waals surface area contributed by atoms with Gasteiger partial charge in [-0.25, -0.2) is 4.79 Å². The molecule has 0 bridgehead atoms. The van der Waals surface area contributed by atoms with Crippen molar-refractivity contribution in [3.8, 4) is 11.3 Å². The highest BCUT2D eigenvalue weighted by Crippen LogP contribution is 2.40. The van der Waals surface area contributed by atoms with E-state index in [0.29, 0.717) is 29.6 Å². The van der Waals surface area contributed by atoms with Gasteiger partial charge < -0.3 is 24.1 Å². The number of carbonyl (C=O) groups is 1. The number of hydrogen-bond acceptors (Lipinski definition) is 6. The molecule has 2 unspecified atom stereocenters. The van der Waals surface area contributed by atoms with E-state index in [4.69, 9.17) is 26.1 Å². The monoisotopic (exact) mass is 437 g/mol. The Kier molecular flexibility index (Phi) is 6.29. The Morgan fingerprint density at radius 3 is 2.81 bits per heavy atom. The van der Waals surface area contributed by atoms with Crippen LogP contribution >= 0.6 is 12.2 Å². The van der Waals surface area contributed by atoms with E-state index >= 15 is 0 Å². The Bertz CT molecular complexity index is 1070. The second kappa shape index (κ2) is 9.28. The average Bonchev–Trinajstić information content (AvgIpc) is 3.42. The second-order valence-corrected chi connectivity index (χ2v) is 7.47. The number of ether oxygens (including phenoxy) is 2. The van der Waals surface area contributed by atoms with Gasteiger partial charge in [0.15, 0.2) is 5.11 Å². The molecule has 1 aliphatic rings. The molecule has 0 radical (unpaired) electrons. The van der Waals surface area contributed by atoms with Crippen LogP contribution in [0, 0.1) is 0 Å². The number of rotatable bonds is 7. The Hall–Kier alpha value is -3.23. The quantitative estimate of drug-likeness (QED) is 0.442. The molecular formula is C23H23N3O4S. The number of nitrogens with zero attached hydrogens (tertiary/aromatic N) is 2. The van der Waals surface area contributed by atoms with E-state index in [2.05, 4.69) is 15.2 Å². The molecule has 8 heteroatoms. The molecule has 1 aromatic carbocycles. The van der Waals surface area contributed by atoms with E-state index in [9.17, 15) is 4.79 Å². The molecule has 1 fully saturated rings. The number of nitrogens with one attached hydrogen (secondary N) is 1. The lowest BCUT2D eigenvalue weighted by atomic mass is 10.0. The van der Waals surface area contributed by atoms with Crippen molar-refractivity contribution in [2.75, 3.05) is 27.4 Å². The van der Waals surface area contributed by atoms with E-state index in [1.54, 1.807) is 31.5 Å². The Morgan fingerprint density at radius 2 is 2.06 bits per heavy atom. The molecule has 1 saturated heterocycles. The smallest absolute Gasteiger partial charge is 0.337 e. The summed E-state index contributed by atoms with van der Waals surface area (Å²) in [6.07, 6.45) is 1.76. The number of methoxy groups -OCH3 is 2. The maximum atomic E-state index is 11.9. The van der Waals surface area contributed by atoms with Gasteiger partial charge in [0.05, 0.1) is 31.0 Å². The molecule has 0 amide bonds. The van der Waals surface area contributed by atoms with Crippen LogP contribution in [0.25, 0.3) is 11.3 Å². The van der Waals surface area contributed by atoms with Crippen molar-refractivity contribution in [1.82, 2.24) is 15.2 Å². The number of hydrogen-bond donors (Lipinski definition) is 1. The molecule has 2 aromatic heterocycles. The van der Waals surface area contributed by atoms with Crippen LogP contribution < -0.4 is 5.32 Å². The molecule has 0 saturated carbocycles. The van der Waals surface area contributed by atoms with Gasteiger partial charge in [0.1, 0.15) is 17.6 Å². The lowest BCUT2D eigenvalue weighted by molar-refractivity contribution is 0.0601. The lowest BCUT2D eigenvalue weighted by Crippen LogP contribution is -2.32. The summed E-state index contributed by atoms with van der Waals surface area (Å²) >= 11 is 5.61. The first kappa shape index (κ1) is 21.0. The highest BCUT2D eigenvalue weighted by atomic mass is 32.1. The summed E-state index contributed by atoms with van der Waals surface area (Å²) in [4.78, 5) is 18.5. The van der Waals surface area contributed by atoms with Crippen molar-refractivity contribution in [3.63, 3.8) is 0 Å². The number of pyridine rings is 1. The van der Waals surface area contributed by atoms with Crippen LogP contribution in [0.1, 0.15) is 33.9 Å². The van der Waals surface area contributed by atoms with E-state index in [-0.39, 0.29) is 18.1 Å². The van der Waals surface area contributed by atoms with Gasteiger partial charge in [-0.05, 0) is 48.6 Å². The van der Waals surface area contributed by atoms with E-state index in [1.807, 2.05) is 36.4 Å². The zero-order valence-electron chi connectivity index (χ0n) is 17.3. The predicted octanol–water partition coefficient (Wildman–Crippen LogP) is 3.75. The summed E-state index contributed by atoms with van der Waals surface area (Å²) in [6.45, 7) is 1.15. The largest absolute Gasteiger partial charge is 0.465 e.